The molecule has 1 radical (unpaired) electrons. The normalized spacial score (nSPS) is 11.0. The van der Waals surface area contributed by atoms with Crippen molar-refractivity contribution >= 4 is 9.28 Å². The SMILES string of the molecule is CCO[Si](CCCCc1ccccc1)OCC. The average molecular weight is 251 g/mol. The first-order chi connectivity index (χ1) is 8.36. The number of aryl methyl sites for hydroxylation is 1. The topological polar surface area (TPSA) is 18.5 Å². The largest absolute Gasteiger partial charge is 0.394 e. The van der Waals surface area contributed by atoms with Crippen molar-refractivity contribution in [3.63, 3.8) is 0 Å². The second-order valence-electron chi connectivity index (χ2n) is 3.93. The lowest BCUT2D eigenvalue weighted by molar-refractivity contribution is 0.212. The fourth-order valence-electron chi connectivity index (χ4n) is 1.75. The van der Waals surface area contributed by atoms with Crippen molar-refractivity contribution in [3.8, 4) is 0 Å². The molecule has 17 heavy (non-hydrogen) atoms. The summed E-state index contributed by atoms with van der Waals surface area (Å²) >= 11 is 0. The van der Waals surface area contributed by atoms with Crippen molar-refractivity contribution in [2.75, 3.05) is 13.2 Å². The van der Waals surface area contributed by atoms with Crippen LogP contribution in [0.15, 0.2) is 30.3 Å². The Morgan fingerprint density at radius 1 is 0.941 bits per heavy atom. The third-order valence-electron chi connectivity index (χ3n) is 2.55. The third-order valence-corrected chi connectivity index (χ3v) is 4.53. The van der Waals surface area contributed by atoms with E-state index in [1.807, 2.05) is 13.8 Å². The number of hydrogen-bond acceptors (Lipinski definition) is 2. The van der Waals surface area contributed by atoms with Crippen LogP contribution >= 0.6 is 0 Å². The molecule has 0 N–H and O–H groups in total. The van der Waals surface area contributed by atoms with Crippen LogP contribution in [0.3, 0.4) is 0 Å². The van der Waals surface area contributed by atoms with E-state index in [0.29, 0.717) is 0 Å². The maximum Gasteiger partial charge on any atom is 0.384 e. The molecule has 0 aliphatic carbocycles. The quantitative estimate of drug-likeness (QED) is 0.493. The highest BCUT2D eigenvalue weighted by atomic mass is 28.3. The van der Waals surface area contributed by atoms with E-state index >= 15 is 0 Å². The summed E-state index contributed by atoms with van der Waals surface area (Å²) in [7, 11) is -1.00. The van der Waals surface area contributed by atoms with Gasteiger partial charge in [0, 0.05) is 13.2 Å². The Bertz CT molecular complexity index is 271. The van der Waals surface area contributed by atoms with E-state index in [1.165, 1.54) is 18.4 Å². The molecule has 0 aromatic heterocycles. The molecule has 0 fully saturated rings. The predicted molar refractivity (Wildman–Crippen MR) is 73.2 cm³/mol. The standard InChI is InChI=1S/C14H23O2Si/c1-3-15-17(16-4-2)13-9-8-12-14-10-6-5-7-11-14/h5-7,10-11H,3-4,8-9,12-13H2,1-2H3. The fraction of sp³-hybridized carbons (Fsp3) is 0.571. The zero-order chi connectivity index (χ0) is 12.3. The van der Waals surface area contributed by atoms with Crippen LogP contribution in [0.4, 0.5) is 0 Å². The molecule has 0 saturated heterocycles. The van der Waals surface area contributed by atoms with Gasteiger partial charge in [-0.05, 0) is 38.3 Å². The Balaban J connectivity index is 2.13. The summed E-state index contributed by atoms with van der Waals surface area (Å²) in [6.45, 7) is 5.61. The molecule has 0 unspecified atom stereocenters. The summed E-state index contributed by atoms with van der Waals surface area (Å²) in [4.78, 5) is 0. The first-order valence-electron chi connectivity index (χ1n) is 6.52. The Morgan fingerprint density at radius 2 is 1.59 bits per heavy atom. The Morgan fingerprint density at radius 3 is 2.18 bits per heavy atom. The lowest BCUT2D eigenvalue weighted by atomic mass is 10.1. The van der Waals surface area contributed by atoms with E-state index in [4.69, 9.17) is 8.85 Å². The molecule has 0 amide bonds. The highest BCUT2D eigenvalue weighted by Gasteiger charge is 2.13. The van der Waals surface area contributed by atoms with E-state index in [9.17, 15) is 0 Å². The smallest absolute Gasteiger partial charge is 0.384 e. The van der Waals surface area contributed by atoms with Crippen LogP contribution in [0.2, 0.25) is 6.04 Å². The Labute approximate surface area is 107 Å². The maximum atomic E-state index is 5.61. The van der Waals surface area contributed by atoms with Crippen LogP contribution in [0.5, 0.6) is 0 Å². The van der Waals surface area contributed by atoms with Gasteiger partial charge in [-0.3, -0.25) is 0 Å². The maximum absolute atomic E-state index is 5.61. The van der Waals surface area contributed by atoms with Crippen LogP contribution in [-0.4, -0.2) is 22.5 Å². The van der Waals surface area contributed by atoms with Gasteiger partial charge < -0.3 is 8.85 Å². The van der Waals surface area contributed by atoms with Gasteiger partial charge in [0.15, 0.2) is 0 Å². The molecule has 0 aliphatic heterocycles. The summed E-state index contributed by atoms with van der Waals surface area (Å²) in [5.74, 6) is 0. The van der Waals surface area contributed by atoms with Crippen molar-refractivity contribution in [2.45, 2.75) is 39.2 Å². The summed E-state index contributed by atoms with van der Waals surface area (Å²) in [5, 5.41) is 0. The van der Waals surface area contributed by atoms with Crippen molar-refractivity contribution in [1.29, 1.82) is 0 Å². The van der Waals surface area contributed by atoms with Crippen molar-refractivity contribution in [2.24, 2.45) is 0 Å². The first kappa shape index (κ1) is 14.4. The van der Waals surface area contributed by atoms with Gasteiger partial charge in [-0.25, -0.2) is 0 Å². The average Bonchev–Trinajstić information content (AvgIpc) is 2.36. The van der Waals surface area contributed by atoms with E-state index in [-0.39, 0.29) is 0 Å². The van der Waals surface area contributed by atoms with Crippen LogP contribution < -0.4 is 0 Å². The van der Waals surface area contributed by atoms with Gasteiger partial charge in [0.2, 0.25) is 0 Å². The molecule has 2 nitrogen and oxygen atoms in total. The second kappa shape index (κ2) is 9.39. The van der Waals surface area contributed by atoms with E-state index < -0.39 is 9.28 Å². The lowest BCUT2D eigenvalue weighted by Gasteiger charge is -2.12. The minimum Gasteiger partial charge on any atom is -0.394 e. The summed E-state index contributed by atoms with van der Waals surface area (Å²) in [5.41, 5.74) is 1.43. The van der Waals surface area contributed by atoms with Gasteiger partial charge in [-0.2, -0.15) is 0 Å². The molecular weight excluding hydrogens is 228 g/mol. The molecule has 0 spiro atoms. The van der Waals surface area contributed by atoms with Crippen LogP contribution in [-0.2, 0) is 15.3 Å². The highest BCUT2D eigenvalue weighted by Crippen LogP contribution is 2.09. The van der Waals surface area contributed by atoms with Crippen molar-refractivity contribution in [1.82, 2.24) is 0 Å². The molecule has 1 aromatic carbocycles. The Hall–Kier alpha value is -0.643. The monoisotopic (exact) mass is 251 g/mol. The Kier molecular flexibility index (Phi) is 7.97. The summed E-state index contributed by atoms with van der Waals surface area (Å²) in [6, 6.07) is 11.7. The van der Waals surface area contributed by atoms with Gasteiger partial charge in [0.1, 0.15) is 0 Å². The van der Waals surface area contributed by atoms with Gasteiger partial charge >= 0.3 is 9.28 Å². The molecule has 0 heterocycles. The molecule has 0 aliphatic rings. The molecule has 3 heteroatoms. The molecular formula is C14H23O2Si. The third kappa shape index (κ3) is 6.61. The minimum atomic E-state index is -1.00. The van der Waals surface area contributed by atoms with Gasteiger partial charge in [-0.1, -0.05) is 36.8 Å². The zero-order valence-electron chi connectivity index (χ0n) is 10.9. The van der Waals surface area contributed by atoms with Crippen molar-refractivity contribution < 1.29 is 8.85 Å². The number of hydrogen-bond donors (Lipinski definition) is 0. The van der Waals surface area contributed by atoms with Crippen LogP contribution in [0.1, 0.15) is 32.3 Å². The first-order valence-corrected chi connectivity index (χ1v) is 8.04. The summed E-state index contributed by atoms with van der Waals surface area (Å²) < 4.78 is 11.2. The summed E-state index contributed by atoms with van der Waals surface area (Å²) in [6.07, 6.45) is 3.58. The van der Waals surface area contributed by atoms with Gasteiger partial charge in [-0.15, -0.1) is 0 Å². The van der Waals surface area contributed by atoms with Gasteiger partial charge in [0.25, 0.3) is 0 Å². The number of benzene rings is 1. The molecule has 1 aromatic rings. The predicted octanol–water partition coefficient (Wildman–Crippen LogP) is 3.57. The number of unbranched alkanes of at least 4 members (excludes halogenated alkanes) is 1. The van der Waals surface area contributed by atoms with Gasteiger partial charge in [0.05, 0.1) is 0 Å². The lowest BCUT2D eigenvalue weighted by Crippen LogP contribution is -2.22. The van der Waals surface area contributed by atoms with E-state index in [2.05, 4.69) is 30.3 Å². The molecule has 0 saturated carbocycles. The minimum absolute atomic E-state index is 0.771. The fourth-order valence-corrected chi connectivity index (χ4v) is 3.31. The molecule has 1 rings (SSSR count). The van der Waals surface area contributed by atoms with E-state index in [0.717, 1.165) is 25.7 Å². The van der Waals surface area contributed by atoms with Crippen LogP contribution in [0, 0.1) is 0 Å². The molecule has 0 bridgehead atoms. The zero-order valence-corrected chi connectivity index (χ0v) is 11.9. The van der Waals surface area contributed by atoms with Crippen LogP contribution in [0.25, 0.3) is 0 Å². The highest BCUT2D eigenvalue weighted by molar-refractivity contribution is 6.44. The molecule has 0 atom stereocenters. The second-order valence-corrected chi connectivity index (χ2v) is 5.75. The molecule has 95 valence electrons. The number of rotatable bonds is 9. The van der Waals surface area contributed by atoms with E-state index in [1.54, 1.807) is 0 Å². The van der Waals surface area contributed by atoms with Crippen molar-refractivity contribution in [3.05, 3.63) is 35.9 Å².